The molecule has 0 fully saturated rings. The maximum Gasteiger partial charge on any atom is 0.0763 e. The fourth-order valence-electron chi connectivity index (χ4n) is 0.819. The first-order valence-corrected chi connectivity index (χ1v) is 3.75. The first-order chi connectivity index (χ1) is 5.84. The Bertz CT molecular complexity index is 284. The van der Waals surface area contributed by atoms with Gasteiger partial charge in [-0.15, -0.1) is 11.8 Å². The van der Waals surface area contributed by atoms with Gasteiger partial charge in [-0.3, -0.25) is 9.97 Å². The molecule has 3 nitrogen and oxygen atoms in total. The van der Waals surface area contributed by atoms with Crippen LogP contribution in [0, 0.1) is 11.8 Å². The molecule has 1 atom stereocenters. The summed E-state index contributed by atoms with van der Waals surface area (Å²) in [6, 6.07) is -0.119. The van der Waals surface area contributed by atoms with Crippen LogP contribution in [0.5, 0.6) is 0 Å². The van der Waals surface area contributed by atoms with Crippen molar-refractivity contribution in [2.75, 3.05) is 0 Å². The van der Waals surface area contributed by atoms with Crippen molar-refractivity contribution in [2.24, 2.45) is 5.73 Å². The van der Waals surface area contributed by atoms with Crippen LogP contribution in [0.2, 0.25) is 0 Å². The molecule has 1 aromatic heterocycles. The largest absolute Gasteiger partial charge is 0.322 e. The van der Waals surface area contributed by atoms with Gasteiger partial charge in [0.05, 0.1) is 11.7 Å². The maximum atomic E-state index is 5.78. The first kappa shape index (κ1) is 8.69. The fraction of sp³-hybridized carbons (Fsp3) is 0.333. The summed E-state index contributed by atoms with van der Waals surface area (Å²) in [5.74, 6) is 5.69. The Kier molecular flexibility index (Phi) is 3.24. The molecule has 0 amide bonds. The van der Waals surface area contributed by atoms with E-state index in [2.05, 4.69) is 21.8 Å². The minimum atomic E-state index is -0.119. The molecule has 62 valence electrons. The third kappa shape index (κ3) is 2.33. The number of rotatable bonds is 2. The molecule has 1 heterocycles. The number of hydrogen-bond acceptors (Lipinski definition) is 3. The van der Waals surface area contributed by atoms with E-state index in [0.717, 1.165) is 5.69 Å². The van der Waals surface area contributed by atoms with Gasteiger partial charge in [-0.2, -0.15) is 0 Å². The van der Waals surface area contributed by atoms with Gasteiger partial charge in [0, 0.05) is 25.0 Å². The minimum absolute atomic E-state index is 0.119. The van der Waals surface area contributed by atoms with Crippen molar-refractivity contribution in [1.82, 2.24) is 9.97 Å². The molecule has 12 heavy (non-hydrogen) atoms. The highest BCUT2D eigenvalue weighted by atomic mass is 14.8. The van der Waals surface area contributed by atoms with Crippen LogP contribution in [0.3, 0.4) is 0 Å². The summed E-state index contributed by atoms with van der Waals surface area (Å²) < 4.78 is 0. The average Bonchev–Trinajstić information content (AvgIpc) is 2.15. The van der Waals surface area contributed by atoms with Crippen molar-refractivity contribution in [3.63, 3.8) is 0 Å². The van der Waals surface area contributed by atoms with Gasteiger partial charge in [-0.05, 0) is 6.92 Å². The summed E-state index contributed by atoms with van der Waals surface area (Å²) in [4.78, 5) is 8.00. The lowest BCUT2D eigenvalue weighted by Crippen LogP contribution is -2.11. The number of nitrogens with zero attached hydrogens (tertiary/aromatic N) is 2. The van der Waals surface area contributed by atoms with Crippen LogP contribution in [-0.2, 0) is 0 Å². The topological polar surface area (TPSA) is 51.8 Å². The van der Waals surface area contributed by atoms with Crippen molar-refractivity contribution in [3.05, 3.63) is 24.3 Å². The quantitative estimate of drug-likeness (QED) is 0.655. The summed E-state index contributed by atoms with van der Waals surface area (Å²) in [7, 11) is 0. The van der Waals surface area contributed by atoms with Crippen LogP contribution in [0.15, 0.2) is 18.6 Å². The van der Waals surface area contributed by atoms with Gasteiger partial charge in [-0.25, -0.2) is 0 Å². The molecule has 2 N–H and O–H groups in total. The van der Waals surface area contributed by atoms with E-state index in [1.807, 2.05) is 0 Å². The molecule has 0 aliphatic carbocycles. The molecule has 0 saturated heterocycles. The lowest BCUT2D eigenvalue weighted by molar-refractivity contribution is 0.718. The van der Waals surface area contributed by atoms with Crippen LogP contribution in [0.1, 0.15) is 25.1 Å². The third-order valence-electron chi connectivity index (χ3n) is 1.46. The van der Waals surface area contributed by atoms with Gasteiger partial charge >= 0.3 is 0 Å². The van der Waals surface area contributed by atoms with Crippen LogP contribution in [-0.4, -0.2) is 9.97 Å². The van der Waals surface area contributed by atoms with Crippen molar-refractivity contribution in [1.29, 1.82) is 0 Å². The molecule has 0 saturated carbocycles. The Morgan fingerprint density at radius 1 is 1.58 bits per heavy atom. The molecular weight excluding hydrogens is 150 g/mol. The zero-order chi connectivity index (χ0) is 8.81. The van der Waals surface area contributed by atoms with Crippen molar-refractivity contribution >= 4 is 0 Å². The summed E-state index contributed by atoms with van der Waals surface area (Å²) in [5.41, 5.74) is 6.57. The Morgan fingerprint density at radius 2 is 2.42 bits per heavy atom. The van der Waals surface area contributed by atoms with Crippen molar-refractivity contribution in [3.8, 4) is 11.8 Å². The maximum absolute atomic E-state index is 5.78. The van der Waals surface area contributed by atoms with E-state index in [0.29, 0.717) is 6.42 Å². The second-order valence-electron chi connectivity index (χ2n) is 2.37. The Morgan fingerprint density at radius 3 is 3.00 bits per heavy atom. The van der Waals surface area contributed by atoms with Gasteiger partial charge in [0.15, 0.2) is 0 Å². The van der Waals surface area contributed by atoms with E-state index in [9.17, 15) is 0 Å². The summed E-state index contributed by atoms with van der Waals surface area (Å²) >= 11 is 0. The number of hydrogen-bond donors (Lipinski definition) is 1. The van der Waals surface area contributed by atoms with E-state index in [1.165, 1.54) is 0 Å². The SMILES string of the molecule is CC#CCC(N)c1cnccn1. The molecule has 0 aromatic carbocycles. The van der Waals surface area contributed by atoms with E-state index in [4.69, 9.17) is 5.73 Å². The lowest BCUT2D eigenvalue weighted by Gasteiger charge is -2.04. The van der Waals surface area contributed by atoms with E-state index in [1.54, 1.807) is 25.5 Å². The zero-order valence-electron chi connectivity index (χ0n) is 6.99. The van der Waals surface area contributed by atoms with Gasteiger partial charge in [0.25, 0.3) is 0 Å². The molecule has 1 aromatic rings. The third-order valence-corrected chi connectivity index (χ3v) is 1.46. The van der Waals surface area contributed by atoms with E-state index < -0.39 is 0 Å². The molecule has 3 heteroatoms. The zero-order valence-corrected chi connectivity index (χ0v) is 6.99. The molecule has 1 unspecified atom stereocenters. The van der Waals surface area contributed by atoms with E-state index in [-0.39, 0.29) is 6.04 Å². The van der Waals surface area contributed by atoms with Crippen LogP contribution in [0.4, 0.5) is 0 Å². The van der Waals surface area contributed by atoms with Crippen LogP contribution in [0.25, 0.3) is 0 Å². The molecule has 1 rings (SSSR count). The molecule has 0 aliphatic rings. The summed E-state index contributed by atoms with van der Waals surface area (Å²) in [6.07, 6.45) is 5.56. The highest BCUT2D eigenvalue weighted by Crippen LogP contribution is 2.07. The lowest BCUT2D eigenvalue weighted by atomic mass is 10.2. The van der Waals surface area contributed by atoms with Gasteiger partial charge < -0.3 is 5.73 Å². The minimum Gasteiger partial charge on any atom is -0.322 e. The standard InChI is InChI=1S/C9H11N3/c1-2-3-4-8(10)9-7-11-5-6-12-9/h5-8H,4,10H2,1H3. The smallest absolute Gasteiger partial charge is 0.0763 e. The molecule has 0 spiro atoms. The molecule has 0 bridgehead atoms. The molecular formula is C9H11N3. The monoisotopic (exact) mass is 161 g/mol. The van der Waals surface area contributed by atoms with E-state index >= 15 is 0 Å². The Labute approximate surface area is 72.0 Å². The summed E-state index contributed by atoms with van der Waals surface area (Å²) in [5, 5.41) is 0. The van der Waals surface area contributed by atoms with Crippen molar-refractivity contribution < 1.29 is 0 Å². The summed E-state index contributed by atoms with van der Waals surface area (Å²) in [6.45, 7) is 1.80. The van der Waals surface area contributed by atoms with Crippen LogP contribution >= 0.6 is 0 Å². The number of nitrogens with two attached hydrogens (primary N) is 1. The highest BCUT2D eigenvalue weighted by molar-refractivity contribution is 5.07. The Hall–Kier alpha value is -1.40. The predicted octanol–water partition coefficient (Wildman–Crippen LogP) is 0.890. The highest BCUT2D eigenvalue weighted by Gasteiger charge is 2.03. The predicted molar refractivity (Wildman–Crippen MR) is 47.0 cm³/mol. The second-order valence-corrected chi connectivity index (χ2v) is 2.37. The normalized spacial score (nSPS) is 11.5. The number of aromatic nitrogens is 2. The van der Waals surface area contributed by atoms with Gasteiger partial charge in [0.1, 0.15) is 0 Å². The van der Waals surface area contributed by atoms with Gasteiger partial charge in [0.2, 0.25) is 0 Å². The average molecular weight is 161 g/mol. The first-order valence-electron chi connectivity index (χ1n) is 3.75. The van der Waals surface area contributed by atoms with Crippen LogP contribution < -0.4 is 5.73 Å². The second kappa shape index (κ2) is 4.47. The Balaban J connectivity index is 2.63. The molecule has 0 radical (unpaired) electrons. The molecule has 0 aliphatic heterocycles. The van der Waals surface area contributed by atoms with Crippen molar-refractivity contribution in [2.45, 2.75) is 19.4 Å². The fourth-order valence-corrected chi connectivity index (χ4v) is 0.819. The van der Waals surface area contributed by atoms with Gasteiger partial charge in [-0.1, -0.05) is 0 Å².